The molecule has 0 saturated heterocycles. The van der Waals surface area contributed by atoms with Gasteiger partial charge in [0, 0.05) is 0 Å². The lowest BCUT2D eigenvalue weighted by Gasteiger charge is -2.02. The molecule has 0 amide bonds. The van der Waals surface area contributed by atoms with Gasteiger partial charge in [-0.3, -0.25) is 26.4 Å². The number of nitrogens with two attached hydrogens (primary N) is 2. The van der Waals surface area contributed by atoms with Crippen LogP contribution in [0.5, 0.6) is 0 Å². The van der Waals surface area contributed by atoms with Crippen LogP contribution in [0.4, 0.5) is 4.70 Å². The quantitative estimate of drug-likeness (QED) is 0.131. The molecule has 0 radical (unpaired) electrons. The fraction of sp³-hybridized carbons (Fsp3) is 0. The molecule has 0 aromatic rings. The maximum atomic E-state index is 6.54. The molecule has 0 unspecified atom stereocenters. The summed E-state index contributed by atoms with van der Waals surface area (Å²) in [5.74, 6) is -0.555. The molecule has 9 heavy (non-hydrogen) atoms. The molecule has 0 aromatic carbocycles. The van der Waals surface area contributed by atoms with Crippen molar-refractivity contribution in [3.8, 4) is 0 Å². The van der Waals surface area contributed by atoms with E-state index < -0.39 is 0 Å². The molecular formula is C2H9FN6. The van der Waals surface area contributed by atoms with Crippen LogP contribution >= 0.6 is 0 Å². The lowest BCUT2D eigenvalue weighted by molar-refractivity contribution is 0.833. The zero-order valence-electron chi connectivity index (χ0n) is 4.56. The Morgan fingerprint density at radius 1 is 1.00 bits per heavy atom. The van der Waals surface area contributed by atoms with Crippen molar-refractivity contribution in [1.29, 1.82) is 10.8 Å². The Morgan fingerprint density at radius 3 is 1.33 bits per heavy atom. The second-order valence-electron chi connectivity index (χ2n) is 1.08. The van der Waals surface area contributed by atoms with Crippen LogP contribution in [0.15, 0.2) is 0 Å². The van der Waals surface area contributed by atoms with Crippen molar-refractivity contribution in [3.63, 3.8) is 0 Å². The predicted molar refractivity (Wildman–Crippen MR) is 32.6 cm³/mol. The Morgan fingerprint density at radius 2 is 1.22 bits per heavy atom. The van der Waals surface area contributed by atoms with Gasteiger partial charge in [-0.2, -0.15) is 0 Å². The molecule has 0 bridgehead atoms. The van der Waals surface area contributed by atoms with Crippen LogP contribution in [-0.2, 0) is 0 Å². The highest BCUT2D eigenvalue weighted by Crippen LogP contribution is 1.41. The minimum absolute atomic E-state index is 0. The summed E-state index contributed by atoms with van der Waals surface area (Å²) >= 11 is 0. The molecule has 8 N–H and O–H groups in total. The third-order valence-electron chi connectivity index (χ3n) is 0.332. The lowest BCUT2D eigenvalue weighted by Crippen LogP contribution is -2.47. The number of nitrogens with one attached hydrogen (secondary N) is 4. The van der Waals surface area contributed by atoms with E-state index in [-0.39, 0.29) is 16.6 Å². The first kappa shape index (κ1) is 10.5. The molecule has 6 nitrogen and oxygen atoms in total. The molecule has 0 rings (SSSR count). The summed E-state index contributed by atoms with van der Waals surface area (Å²) in [5, 5.41) is 13.1. The Labute approximate surface area is 51.0 Å². The SMILES string of the molecule is F.N=C(N)NNC(=N)N. The second-order valence-corrected chi connectivity index (χ2v) is 1.08. The molecule has 0 aromatic heterocycles. The van der Waals surface area contributed by atoms with Gasteiger partial charge in [-0.1, -0.05) is 0 Å². The molecule has 0 fully saturated rings. The highest BCUT2D eigenvalue weighted by atomic mass is 19.0. The van der Waals surface area contributed by atoms with Gasteiger partial charge in [-0.25, -0.2) is 0 Å². The Hall–Kier alpha value is -1.53. The van der Waals surface area contributed by atoms with Crippen molar-refractivity contribution in [2.45, 2.75) is 0 Å². The Balaban J connectivity index is 0. The van der Waals surface area contributed by atoms with E-state index >= 15 is 0 Å². The van der Waals surface area contributed by atoms with E-state index in [1.807, 2.05) is 0 Å². The average Bonchev–Trinajstić information content (AvgIpc) is 1.61. The normalized spacial score (nSPS) is 6.67. The second kappa shape index (κ2) is 4.62. The van der Waals surface area contributed by atoms with Gasteiger partial charge < -0.3 is 11.5 Å². The standard InChI is InChI=1S/C2H8N6.FH/c3-1(4)7-8-2(5)6;/h(H4,3,4,7)(H4,5,6,8);1H. The zero-order valence-corrected chi connectivity index (χ0v) is 4.56. The van der Waals surface area contributed by atoms with E-state index in [0.717, 1.165) is 0 Å². The zero-order chi connectivity index (χ0) is 6.57. The van der Waals surface area contributed by atoms with Crippen LogP contribution in [0.2, 0.25) is 0 Å². The van der Waals surface area contributed by atoms with Crippen LogP contribution in [0.25, 0.3) is 0 Å². The fourth-order valence-corrected chi connectivity index (χ4v) is 0.135. The van der Waals surface area contributed by atoms with E-state index in [1.165, 1.54) is 0 Å². The number of hydrazine groups is 1. The smallest absolute Gasteiger partial charge is 0.204 e. The molecule has 0 aliphatic carbocycles. The first-order chi connectivity index (χ1) is 3.63. The Bertz CT molecular complexity index is 95.6. The van der Waals surface area contributed by atoms with Gasteiger partial charge in [-0.05, 0) is 0 Å². The maximum absolute atomic E-state index is 6.54. The minimum atomic E-state index is -0.278. The summed E-state index contributed by atoms with van der Waals surface area (Å²) < 4.78 is 0. The molecule has 54 valence electrons. The molecule has 0 spiro atoms. The molecule has 7 heteroatoms. The molecule has 0 aliphatic rings. The topological polar surface area (TPSA) is 124 Å². The summed E-state index contributed by atoms with van der Waals surface area (Å²) in [4.78, 5) is 0. The molecule has 0 heterocycles. The minimum Gasteiger partial charge on any atom is -0.369 e. The number of hydrogen-bond acceptors (Lipinski definition) is 2. The van der Waals surface area contributed by atoms with Gasteiger partial charge in [0.05, 0.1) is 0 Å². The van der Waals surface area contributed by atoms with Gasteiger partial charge in [-0.15, -0.1) is 0 Å². The van der Waals surface area contributed by atoms with Crippen molar-refractivity contribution in [1.82, 2.24) is 10.9 Å². The van der Waals surface area contributed by atoms with Gasteiger partial charge in [0.1, 0.15) is 0 Å². The predicted octanol–water partition coefficient (Wildman–Crippen LogP) is -1.98. The highest BCUT2D eigenvalue weighted by Gasteiger charge is 1.82. The van der Waals surface area contributed by atoms with Crippen molar-refractivity contribution in [2.24, 2.45) is 11.5 Å². The molecule has 0 atom stereocenters. The third kappa shape index (κ3) is 10.7. The number of guanidine groups is 2. The van der Waals surface area contributed by atoms with Gasteiger partial charge >= 0.3 is 0 Å². The Kier molecular flexibility index (Phi) is 5.37. The van der Waals surface area contributed by atoms with Crippen molar-refractivity contribution in [2.75, 3.05) is 0 Å². The first-order valence-corrected chi connectivity index (χ1v) is 1.83. The van der Waals surface area contributed by atoms with Crippen molar-refractivity contribution >= 4 is 11.9 Å². The number of rotatable bonds is 0. The lowest BCUT2D eigenvalue weighted by atomic mass is 11.0. The molecule has 0 aliphatic heterocycles. The maximum Gasteiger partial charge on any atom is 0.204 e. The summed E-state index contributed by atoms with van der Waals surface area (Å²) in [6.07, 6.45) is 0. The summed E-state index contributed by atoms with van der Waals surface area (Å²) in [6.45, 7) is 0. The van der Waals surface area contributed by atoms with Crippen molar-refractivity contribution < 1.29 is 4.70 Å². The van der Waals surface area contributed by atoms with Gasteiger partial charge in [0.2, 0.25) is 11.9 Å². The van der Waals surface area contributed by atoms with E-state index in [2.05, 4.69) is 10.9 Å². The average molecular weight is 136 g/mol. The van der Waals surface area contributed by atoms with E-state index in [9.17, 15) is 0 Å². The van der Waals surface area contributed by atoms with E-state index in [4.69, 9.17) is 22.3 Å². The molecule has 0 saturated carbocycles. The summed E-state index contributed by atoms with van der Waals surface area (Å²) in [6, 6.07) is 0. The number of hydrogen-bond donors (Lipinski definition) is 6. The van der Waals surface area contributed by atoms with Gasteiger partial charge in [0.25, 0.3) is 0 Å². The van der Waals surface area contributed by atoms with Crippen LogP contribution in [0.1, 0.15) is 0 Å². The van der Waals surface area contributed by atoms with Crippen LogP contribution in [0.3, 0.4) is 0 Å². The molecular weight excluding hydrogens is 127 g/mol. The van der Waals surface area contributed by atoms with Crippen LogP contribution in [-0.4, -0.2) is 11.9 Å². The number of halogens is 1. The van der Waals surface area contributed by atoms with Crippen molar-refractivity contribution in [3.05, 3.63) is 0 Å². The largest absolute Gasteiger partial charge is 0.369 e. The summed E-state index contributed by atoms with van der Waals surface area (Å²) in [7, 11) is 0. The first-order valence-electron chi connectivity index (χ1n) is 1.83. The van der Waals surface area contributed by atoms with Crippen LogP contribution < -0.4 is 22.3 Å². The van der Waals surface area contributed by atoms with E-state index in [0.29, 0.717) is 0 Å². The fourth-order valence-electron chi connectivity index (χ4n) is 0.135. The highest BCUT2D eigenvalue weighted by molar-refractivity contribution is 5.80. The van der Waals surface area contributed by atoms with Gasteiger partial charge in [0.15, 0.2) is 0 Å². The van der Waals surface area contributed by atoms with Crippen LogP contribution in [0, 0.1) is 10.8 Å². The monoisotopic (exact) mass is 136 g/mol. The third-order valence-corrected chi connectivity index (χ3v) is 0.332. The summed E-state index contributed by atoms with van der Waals surface area (Å²) in [5.41, 5.74) is 13.8. The van der Waals surface area contributed by atoms with E-state index in [1.54, 1.807) is 0 Å².